The molecular weight excluding hydrogens is 338 g/mol. The van der Waals surface area contributed by atoms with Gasteiger partial charge in [-0.05, 0) is 48.7 Å². The van der Waals surface area contributed by atoms with Crippen LogP contribution < -0.4 is 5.32 Å². The van der Waals surface area contributed by atoms with Crippen molar-refractivity contribution in [2.75, 3.05) is 19.0 Å². The normalized spacial score (nSPS) is 24.6. The van der Waals surface area contributed by atoms with Gasteiger partial charge in [0.25, 0.3) is 0 Å². The highest BCUT2D eigenvalue weighted by Crippen LogP contribution is 2.49. The number of halogens is 1. The predicted octanol–water partition coefficient (Wildman–Crippen LogP) is 4.76. The van der Waals surface area contributed by atoms with Crippen LogP contribution in [-0.4, -0.2) is 19.7 Å². The lowest BCUT2D eigenvalue weighted by Gasteiger charge is -2.43. The first-order valence-corrected chi connectivity index (χ1v) is 8.91. The zero-order valence-corrected chi connectivity index (χ0v) is 14.8. The van der Waals surface area contributed by atoms with Gasteiger partial charge in [0.15, 0.2) is 0 Å². The van der Waals surface area contributed by atoms with Crippen molar-refractivity contribution in [2.24, 2.45) is 5.92 Å². The van der Waals surface area contributed by atoms with Crippen LogP contribution in [0.5, 0.6) is 0 Å². The summed E-state index contributed by atoms with van der Waals surface area (Å²) >= 11 is 6.19. The van der Waals surface area contributed by atoms with Crippen LogP contribution in [0.3, 0.4) is 0 Å². The van der Waals surface area contributed by atoms with Gasteiger partial charge in [0, 0.05) is 28.8 Å². The Morgan fingerprint density at radius 3 is 2.80 bits per heavy atom. The molecular formula is C20H20ClNO3. The topological polar surface area (TPSA) is 47.6 Å². The molecule has 0 bridgehead atoms. The van der Waals surface area contributed by atoms with Gasteiger partial charge in [-0.2, -0.15) is 0 Å². The quantitative estimate of drug-likeness (QED) is 0.787. The van der Waals surface area contributed by atoms with E-state index in [2.05, 4.69) is 5.32 Å². The number of benzene rings is 2. The smallest absolute Gasteiger partial charge is 0.337 e. The number of carbonyl (C=O) groups is 1. The fraction of sp³-hybridized carbons (Fsp3) is 0.350. The Morgan fingerprint density at radius 1 is 1.24 bits per heavy atom. The lowest BCUT2D eigenvalue weighted by atomic mass is 9.77. The van der Waals surface area contributed by atoms with Crippen molar-refractivity contribution in [3.05, 3.63) is 64.2 Å². The van der Waals surface area contributed by atoms with Crippen LogP contribution in [0.25, 0.3) is 0 Å². The van der Waals surface area contributed by atoms with Gasteiger partial charge < -0.3 is 14.8 Å². The van der Waals surface area contributed by atoms with Crippen LogP contribution in [0.4, 0.5) is 5.69 Å². The van der Waals surface area contributed by atoms with Gasteiger partial charge in [0.05, 0.1) is 24.8 Å². The van der Waals surface area contributed by atoms with E-state index in [0.29, 0.717) is 11.5 Å². The van der Waals surface area contributed by atoms with Gasteiger partial charge in [-0.15, -0.1) is 0 Å². The van der Waals surface area contributed by atoms with Crippen LogP contribution in [-0.2, 0) is 9.47 Å². The van der Waals surface area contributed by atoms with Crippen molar-refractivity contribution < 1.29 is 14.3 Å². The van der Waals surface area contributed by atoms with E-state index < -0.39 is 0 Å². The third kappa shape index (κ3) is 3.00. The Labute approximate surface area is 152 Å². The molecule has 2 heterocycles. The molecule has 0 radical (unpaired) electrons. The molecule has 0 spiro atoms. The first-order valence-electron chi connectivity index (χ1n) is 8.53. The standard InChI is InChI=1S/C20H20ClNO3/c1-24-20(23)13-6-4-12(5-7-13)18-15-3-2-10-25-19(15)16-11-14(21)8-9-17(16)22-18/h4-9,11,15,18-19,22H,2-3,10H2,1H3/t15-,18+,19-/m0/s1. The van der Waals surface area contributed by atoms with Crippen LogP contribution in [0.2, 0.25) is 5.02 Å². The van der Waals surface area contributed by atoms with Crippen molar-refractivity contribution in [1.29, 1.82) is 0 Å². The van der Waals surface area contributed by atoms with E-state index in [4.69, 9.17) is 21.1 Å². The third-order valence-electron chi connectivity index (χ3n) is 5.12. The number of methoxy groups -OCH3 is 1. The first kappa shape index (κ1) is 16.4. The molecule has 1 saturated heterocycles. The Morgan fingerprint density at radius 2 is 2.04 bits per heavy atom. The van der Waals surface area contributed by atoms with Gasteiger partial charge in [-0.1, -0.05) is 23.7 Å². The van der Waals surface area contributed by atoms with E-state index >= 15 is 0 Å². The summed E-state index contributed by atoms with van der Waals surface area (Å²) in [6, 6.07) is 13.7. The van der Waals surface area contributed by atoms with E-state index in [1.54, 1.807) is 0 Å². The maximum atomic E-state index is 11.7. The molecule has 130 valence electrons. The molecule has 2 aromatic rings. The minimum Gasteiger partial charge on any atom is -0.465 e. The monoisotopic (exact) mass is 357 g/mol. The summed E-state index contributed by atoms with van der Waals surface area (Å²) in [5.41, 5.74) is 3.91. The zero-order valence-electron chi connectivity index (χ0n) is 14.0. The molecule has 2 aromatic carbocycles. The summed E-state index contributed by atoms with van der Waals surface area (Å²) in [5, 5.41) is 4.38. The highest BCUT2D eigenvalue weighted by Gasteiger charge is 2.39. The maximum Gasteiger partial charge on any atom is 0.337 e. The molecule has 4 nitrogen and oxygen atoms in total. The minimum absolute atomic E-state index is 0.0500. The summed E-state index contributed by atoms with van der Waals surface area (Å²) in [6.07, 6.45) is 2.19. The second-order valence-corrected chi connectivity index (χ2v) is 7.00. The Hall–Kier alpha value is -2.04. The molecule has 0 aromatic heterocycles. The molecule has 2 aliphatic heterocycles. The van der Waals surface area contributed by atoms with E-state index in [1.807, 2.05) is 42.5 Å². The molecule has 0 amide bonds. The molecule has 2 aliphatic rings. The van der Waals surface area contributed by atoms with E-state index in [9.17, 15) is 4.79 Å². The summed E-state index contributed by atoms with van der Waals surface area (Å²) in [5.74, 6) is 0.0192. The molecule has 5 heteroatoms. The molecule has 25 heavy (non-hydrogen) atoms. The van der Waals surface area contributed by atoms with Gasteiger partial charge in [-0.25, -0.2) is 4.79 Å². The van der Waals surface area contributed by atoms with E-state index in [-0.39, 0.29) is 18.1 Å². The minimum atomic E-state index is -0.318. The van der Waals surface area contributed by atoms with Crippen LogP contribution in [0.15, 0.2) is 42.5 Å². The number of carbonyl (C=O) groups excluding carboxylic acids is 1. The van der Waals surface area contributed by atoms with E-state index in [1.165, 1.54) is 7.11 Å². The van der Waals surface area contributed by atoms with Crippen molar-refractivity contribution in [3.63, 3.8) is 0 Å². The fourth-order valence-corrected chi connectivity index (χ4v) is 4.10. The fourth-order valence-electron chi connectivity index (χ4n) is 3.92. The van der Waals surface area contributed by atoms with Crippen LogP contribution in [0, 0.1) is 5.92 Å². The van der Waals surface area contributed by atoms with Gasteiger partial charge in [-0.3, -0.25) is 0 Å². The van der Waals surface area contributed by atoms with Crippen molar-refractivity contribution in [3.8, 4) is 0 Å². The van der Waals surface area contributed by atoms with Gasteiger partial charge >= 0.3 is 5.97 Å². The highest BCUT2D eigenvalue weighted by molar-refractivity contribution is 6.30. The molecule has 0 aliphatic carbocycles. The van der Waals surface area contributed by atoms with Crippen molar-refractivity contribution in [2.45, 2.75) is 25.0 Å². The number of anilines is 1. The first-order chi connectivity index (χ1) is 12.2. The number of nitrogens with one attached hydrogen (secondary N) is 1. The van der Waals surface area contributed by atoms with Gasteiger partial charge in [0.2, 0.25) is 0 Å². The van der Waals surface area contributed by atoms with Gasteiger partial charge in [0.1, 0.15) is 0 Å². The number of hydrogen-bond donors (Lipinski definition) is 1. The Balaban J connectivity index is 1.69. The SMILES string of the molecule is COC(=O)c1ccc([C@H]2Nc3ccc(Cl)cc3[C@H]3OCCC[C@@H]23)cc1. The maximum absolute atomic E-state index is 11.7. The molecule has 1 fully saturated rings. The molecule has 0 unspecified atom stereocenters. The average Bonchev–Trinajstić information content (AvgIpc) is 2.67. The number of ether oxygens (including phenoxy) is 2. The third-order valence-corrected chi connectivity index (χ3v) is 5.35. The lowest BCUT2D eigenvalue weighted by Crippen LogP contribution is -2.36. The van der Waals surface area contributed by atoms with Crippen molar-refractivity contribution in [1.82, 2.24) is 0 Å². The number of fused-ring (bicyclic) bond motifs is 3. The van der Waals surface area contributed by atoms with E-state index in [0.717, 1.165) is 41.3 Å². The number of rotatable bonds is 2. The van der Waals surface area contributed by atoms with Crippen LogP contribution >= 0.6 is 11.6 Å². The second kappa shape index (κ2) is 6.70. The van der Waals surface area contributed by atoms with Crippen molar-refractivity contribution >= 4 is 23.3 Å². The molecule has 3 atom stereocenters. The Bertz CT molecular complexity index is 790. The lowest BCUT2D eigenvalue weighted by molar-refractivity contribution is -0.0381. The zero-order chi connectivity index (χ0) is 17.4. The molecule has 0 saturated carbocycles. The number of esters is 1. The second-order valence-electron chi connectivity index (χ2n) is 6.56. The average molecular weight is 358 g/mol. The Kier molecular flexibility index (Phi) is 4.40. The summed E-state index contributed by atoms with van der Waals surface area (Å²) in [4.78, 5) is 11.7. The molecule has 1 N–H and O–H groups in total. The number of hydrogen-bond acceptors (Lipinski definition) is 4. The molecule has 4 rings (SSSR count). The largest absolute Gasteiger partial charge is 0.465 e. The summed E-state index contributed by atoms with van der Waals surface area (Å²) in [7, 11) is 1.39. The predicted molar refractivity (Wildman–Crippen MR) is 97.0 cm³/mol. The highest BCUT2D eigenvalue weighted by atomic mass is 35.5. The summed E-state index contributed by atoms with van der Waals surface area (Å²) < 4.78 is 10.9. The van der Waals surface area contributed by atoms with Crippen LogP contribution in [0.1, 0.15) is 46.5 Å². The summed E-state index contributed by atoms with van der Waals surface area (Å²) in [6.45, 7) is 0.779.